The molecule has 1 aromatic carbocycles. The van der Waals surface area contributed by atoms with E-state index in [0.29, 0.717) is 11.3 Å². The maximum absolute atomic E-state index is 5.43. The molecule has 2 nitrogen and oxygen atoms in total. The van der Waals surface area contributed by atoms with Crippen LogP contribution in [0.4, 0.5) is 0 Å². The maximum atomic E-state index is 5.43. The smallest absolute Gasteiger partial charge is 0.114 e. The summed E-state index contributed by atoms with van der Waals surface area (Å²) in [6.07, 6.45) is 4.17. The Morgan fingerprint density at radius 2 is 2.15 bits per heavy atom. The minimum absolute atomic E-state index is 0.434. The molecular formula is C17H21NOS. The minimum Gasteiger partial charge on any atom is -0.468 e. The lowest BCUT2D eigenvalue weighted by molar-refractivity contribution is 0.483. The average Bonchev–Trinajstić information content (AvgIpc) is 2.87. The molecule has 1 N–H and O–H groups in total. The molecule has 2 aromatic rings. The van der Waals surface area contributed by atoms with Crippen LogP contribution in [0.5, 0.6) is 0 Å². The van der Waals surface area contributed by atoms with Crippen LogP contribution in [-0.4, -0.2) is 11.8 Å². The summed E-state index contributed by atoms with van der Waals surface area (Å²) < 4.78 is 5.43. The van der Waals surface area contributed by atoms with Crippen LogP contribution in [0.1, 0.15) is 36.3 Å². The normalized spacial score (nSPS) is 21.7. The number of hydrogen-bond acceptors (Lipinski definition) is 3. The van der Waals surface area contributed by atoms with Gasteiger partial charge in [-0.05, 0) is 43.5 Å². The Morgan fingerprint density at radius 1 is 1.30 bits per heavy atom. The summed E-state index contributed by atoms with van der Waals surface area (Å²) in [5.74, 6) is 1.03. The van der Waals surface area contributed by atoms with Crippen LogP contribution in [0.2, 0.25) is 0 Å². The molecule has 1 aliphatic rings. The highest BCUT2D eigenvalue weighted by Crippen LogP contribution is 2.41. The van der Waals surface area contributed by atoms with Crippen molar-refractivity contribution in [2.45, 2.75) is 42.9 Å². The molecule has 2 atom stereocenters. The Balaban J connectivity index is 1.86. The zero-order valence-corrected chi connectivity index (χ0v) is 12.9. The summed E-state index contributed by atoms with van der Waals surface area (Å²) >= 11 is 1.95. The van der Waals surface area contributed by atoms with Gasteiger partial charge in [-0.15, -0.1) is 11.8 Å². The van der Waals surface area contributed by atoms with E-state index in [1.807, 2.05) is 18.7 Å². The number of thioether (sulfide) groups is 1. The molecule has 0 saturated carbocycles. The molecule has 2 unspecified atom stereocenters. The fourth-order valence-electron chi connectivity index (χ4n) is 2.98. The summed E-state index contributed by atoms with van der Waals surface area (Å²) in [5, 5.41) is 4.24. The summed E-state index contributed by atoms with van der Waals surface area (Å²) in [7, 11) is 0. The van der Waals surface area contributed by atoms with Gasteiger partial charge in [0.25, 0.3) is 0 Å². The second-order valence-corrected chi connectivity index (χ2v) is 6.55. The van der Waals surface area contributed by atoms with E-state index in [1.165, 1.54) is 28.9 Å². The topological polar surface area (TPSA) is 25.2 Å². The Labute approximate surface area is 125 Å². The van der Waals surface area contributed by atoms with E-state index in [4.69, 9.17) is 4.42 Å². The monoisotopic (exact) mass is 287 g/mol. The Bertz CT molecular complexity index is 578. The van der Waals surface area contributed by atoms with Gasteiger partial charge in [0.2, 0.25) is 0 Å². The SMILES string of the molecule is CCNC1c2ccccc2CCC1Sc1ccoc1C. The van der Waals surface area contributed by atoms with Gasteiger partial charge in [0.1, 0.15) is 5.76 Å². The highest BCUT2D eigenvalue weighted by atomic mass is 32.2. The number of aryl methyl sites for hydroxylation is 2. The molecule has 20 heavy (non-hydrogen) atoms. The van der Waals surface area contributed by atoms with Crippen LogP contribution in [0, 0.1) is 6.92 Å². The number of furan rings is 1. The first-order chi connectivity index (χ1) is 9.79. The largest absolute Gasteiger partial charge is 0.468 e. The number of benzene rings is 1. The first kappa shape index (κ1) is 13.8. The van der Waals surface area contributed by atoms with Crippen LogP contribution in [0.25, 0.3) is 0 Å². The lowest BCUT2D eigenvalue weighted by Gasteiger charge is -2.33. The lowest BCUT2D eigenvalue weighted by atomic mass is 9.87. The average molecular weight is 287 g/mol. The minimum atomic E-state index is 0.434. The number of hydrogen-bond donors (Lipinski definition) is 1. The predicted octanol–water partition coefficient (Wildman–Crippen LogP) is 4.35. The summed E-state index contributed by atoms with van der Waals surface area (Å²) in [4.78, 5) is 1.28. The summed E-state index contributed by atoms with van der Waals surface area (Å²) in [6, 6.07) is 11.4. The third-order valence-corrected chi connectivity index (χ3v) is 5.46. The van der Waals surface area contributed by atoms with E-state index in [-0.39, 0.29) is 0 Å². The van der Waals surface area contributed by atoms with Crippen molar-refractivity contribution in [1.29, 1.82) is 0 Å². The van der Waals surface area contributed by atoms with Gasteiger partial charge in [-0.1, -0.05) is 31.2 Å². The summed E-state index contributed by atoms with van der Waals surface area (Å²) in [5.41, 5.74) is 2.97. The van der Waals surface area contributed by atoms with Crippen molar-refractivity contribution in [2.24, 2.45) is 0 Å². The standard InChI is InChI=1S/C17H21NOS/c1-3-18-17-14-7-5-4-6-13(14)8-9-16(17)20-15-10-11-19-12(15)2/h4-7,10-11,16-18H,3,8-9H2,1-2H3. The van der Waals surface area contributed by atoms with Crippen molar-refractivity contribution in [2.75, 3.05) is 6.54 Å². The van der Waals surface area contributed by atoms with E-state index in [9.17, 15) is 0 Å². The van der Waals surface area contributed by atoms with Gasteiger partial charge in [-0.3, -0.25) is 0 Å². The second kappa shape index (κ2) is 6.06. The van der Waals surface area contributed by atoms with Crippen molar-refractivity contribution < 1.29 is 4.42 Å². The Hall–Kier alpha value is -1.19. The molecule has 1 aliphatic carbocycles. The molecule has 0 bridgehead atoms. The molecule has 3 rings (SSSR count). The van der Waals surface area contributed by atoms with Crippen LogP contribution >= 0.6 is 11.8 Å². The Kier molecular flexibility index (Phi) is 4.18. The van der Waals surface area contributed by atoms with Gasteiger partial charge in [-0.2, -0.15) is 0 Å². The second-order valence-electron chi connectivity index (χ2n) is 5.27. The molecule has 0 spiro atoms. The molecule has 0 fully saturated rings. The molecule has 1 heterocycles. The lowest BCUT2D eigenvalue weighted by Crippen LogP contribution is -2.34. The third kappa shape index (κ3) is 2.65. The van der Waals surface area contributed by atoms with Gasteiger partial charge in [-0.25, -0.2) is 0 Å². The first-order valence-corrected chi connectivity index (χ1v) is 8.19. The van der Waals surface area contributed by atoms with Crippen LogP contribution in [0.15, 0.2) is 45.9 Å². The molecule has 0 aliphatic heterocycles. The van der Waals surface area contributed by atoms with E-state index < -0.39 is 0 Å². The van der Waals surface area contributed by atoms with Gasteiger partial charge in [0, 0.05) is 16.2 Å². The van der Waals surface area contributed by atoms with Crippen molar-refractivity contribution in [3.05, 3.63) is 53.5 Å². The third-order valence-electron chi connectivity index (χ3n) is 3.97. The van der Waals surface area contributed by atoms with Crippen molar-refractivity contribution in [1.82, 2.24) is 5.32 Å². The van der Waals surface area contributed by atoms with Crippen LogP contribution in [-0.2, 0) is 6.42 Å². The molecule has 0 amide bonds. The molecule has 1 aromatic heterocycles. The predicted molar refractivity (Wildman–Crippen MR) is 84.3 cm³/mol. The summed E-state index contributed by atoms with van der Waals surface area (Å²) in [6.45, 7) is 5.23. The number of fused-ring (bicyclic) bond motifs is 1. The van der Waals surface area contributed by atoms with Gasteiger partial charge < -0.3 is 9.73 Å². The van der Waals surface area contributed by atoms with Crippen LogP contribution in [0.3, 0.4) is 0 Å². The first-order valence-electron chi connectivity index (χ1n) is 7.31. The Morgan fingerprint density at radius 3 is 2.90 bits per heavy atom. The van der Waals surface area contributed by atoms with E-state index in [0.717, 1.165) is 12.3 Å². The highest BCUT2D eigenvalue weighted by Gasteiger charge is 2.30. The quantitative estimate of drug-likeness (QED) is 0.905. The van der Waals surface area contributed by atoms with Crippen molar-refractivity contribution >= 4 is 11.8 Å². The van der Waals surface area contributed by atoms with Crippen molar-refractivity contribution in [3.63, 3.8) is 0 Å². The maximum Gasteiger partial charge on any atom is 0.114 e. The van der Waals surface area contributed by atoms with Crippen molar-refractivity contribution in [3.8, 4) is 0 Å². The zero-order chi connectivity index (χ0) is 13.9. The van der Waals surface area contributed by atoms with Gasteiger partial charge >= 0.3 is 0 Å². The molecule has 0 radical (unpaired) electrons. The fraction of sp³-hybridized carbons (Fsp3) is 0.412. The van der Waals surface area contributed by atoms with Crippen LogP contribution < -0.4 is 5.32 Å². The molecular weight excluding hydrogens is 266 g/mol. The fourth-order valence-corrected chi connectivity index (χ4v) is 4.27. The molecule has 106 valence electrons. The van der Waals surface area contributed by atoms with E-state index in [2.05, 4.69) is 42.6 Å². The number of rotatable bonds is 4. The van der Waals surface area contributed by atoms with Gasteiger partial charge in [0.05, 0.1) is 6.26 Å². The highest BCUT2D eigenvalue weighted by molar-refractivity contribution is 8.00. The number of nitrogens with one attached hydrogen (secondary N) is 1. The van der Waals surface area contributed by atoms with E-state index >= 15 is 0 Å². The molecule has 3 heteroatoms. The van der Waals surface area contributed by atoms with E-state index in [1.54, 1.807) is 6.26 Å². The molecule has 0 saturated heterocycles. The zero-order valence-electron chi connectivity index (χ0n) is 12.1. The van der Waals surface area contributed by atoms with Gasteiger partial charge in [0.15, 0.2) is 0 Å².